The summed E-state index contributed by atoms with van der Waals surface area (Å²) in [6, 6.07) is 16.6. The molecule has 0 amide bonds. The number of hydrogen-bond donors (Lipinski definition) is 0. The molecule has 1 aliphatic heterocycles. The van der Waals surface area contributed by atoms with Gasteiger partial charge in [0.2, 0.25) is 0 Å². The van der Waals surface area contributed by atoms with Crippen molar-refractivity contribution in [1.29, 1.82) is 0 Å². The number of ether oxygens (including phenoxy) is 1. The molecule has 0 fully saturated rings. The maximum absolute atomic E-state index is 12.1. The molecule has 6 heteroatoms. The number of carbonyl (C=O) groups excluding carboxylic acids is 2. The zero-order chi connectivity index (χ0) is 19.7. The highest BCUT2D eigenvalue weighted by Gasteiger charge is 2.22. The van der Waals surface area contributed by atoms with Crippen LogP contribution in [0.5, 0.6) is 0 Å². The van der Waals surface area contributed by atoms with E-state index < -0.39 is 11.9 Å². The quantitative estimate of drug-likeness (QED) is 0.497. The van der Waals surface area contributed by atoms with Crippen LogP contribution in [0.3, 0.4) is 0 Å². The van der Waals surface area contributed by atoms with Gasteiger partial charge in [0.15, 0.2) is 0 Å². The van der Waals surface area contributed by atoms with E-state index in [1.54, 1.807) is 60.7 Å². The molecule has 0 saturated heterocycles. The van der Waals surface area contributed by atoms with Crippen LogP contribution in [0, 0.1) is 0 Å². The zero-order valence-electron chi connectivity index (χ0n) is 14.3. The largest absolute Gasteiger partial charge is 0.545 e. The number of aromatic carboxylic acids is 1. The molecular weight excluding hydrogens is 380 g/mol. The van der Waals surface area contributed by atoms with Crippen molar-refractivity contribution in [1.82, 2.24) is 0 Å². The number of carbonyl (C=O) groups is 2. The Morgan fingerprint density at radius 2 is 1.79 bits per heavy atom. The topological polar surface area (TPSA) is 79.6 Å². The van der Waals surface area contributed by atoms with Gasteiger partial charge in [-0.3, -0.25) is 0 Å². The number of rotatable bonds is 4. The first-order valence-corrected chi connectivity index (χ1v) is 8.70. The number of halogens is 1. The van der Waals surface area contributed by atoms with Gasteiger partial charge in [-0.2, -0.15) is 0 Å². The normalized spacial score (nSPS) is 14.8. The average Bonchev–Trinajstić information content (AvgIpc) is 3.30. The molecular formula is C22H12ClO5-. The summed E-state index contributed by atoms with van der Waals surface area (Å²) < 4.78 is 11.0. The zero-order valence-corrected chi connectivity index (χ0v) is 15.1. The second-order valence-electron chi connectivity index (χ2n) is 6.07. The van der Waals surface area contributed by atoms with Gasteiger partial charge in [0.1, 0.15) is 17.3 Å². The summed E-state index contributed by atoms with van der Waals surface area (Å²) in [7, 11) is 0. The fourth-order valence-electron chi connectivity index (χ4n) is 2.78. The Morgan fingerprint density at radius 1 is 1.00 bits per heavy atom. The molecule has 0 spiro atoms. The molecule has 1 aromatic heterocycles. The van der Waals surface area contributed by atoms with Crippen LogP contribution >= 0.6 is 11.6 Å². The van der Waals surface area contributed by atoms with E-state index in [1.165, 1.54) is 12.1 Å². The lowest BCUT2D eigenvalue weighted by atomic mass is 10.1. The number of hydrogen-bond acceptors (Lipinski definition) is 5. The van der Waals surface area contributed by atoms with Gasteiger partial charge in [-0.1, -0.05) is 29.8 Å². The third-order valence-electron chi connectivity index (χ3n) is 4.16. The summed E-state index contributed by atoms with van der Waals surface area (Å²) in [5.74, 6) is -0.398. The van der Waals surface area contributed by atoms with Crippen molar-refractivity contribution in [3.63, 3.8) is 0 Å². The van der Waals surface area contributed by atoms with Crippen LogP contribution in [-0.4, -0.2) is 11.9 Å². The van der Waals surface area contributed by atoms with Crippen LogP contribution in [0.25, 0.3) is 23.2 Å². The third-order valence-corrected chi connectivity index (χ3v) is 4.41. The number of cyclic esters (lactones) is 1. The molecule has 0 aliphatic carbocycles. The Kier molecular flexibility index (Phi) is 4.59. The molecule has 2 heterocycles. The van der Waals surface area contributed by atoms with E-state index in [4.69, 9.17) is 20.8 Å². The molecule has 2 aromatic carbocycles. The Morgan fingerprint density at radius 3 is 2.54 bits per heavy atom. The van der Waals surface area contributed by atoms with E-state index in [9.17, 15) is 14.7 Å². The summed E-state index contributed by atoms with van der Waals surface area (Å²) in [6.45, 7) is 0. The lowest BCUT2D eigenvalue weighted by Crippen LogP contribution is -2.22. The Bertz CT molecular complexity index is 1140. The number of benzene rings is 2. The van der Waals surface area contributed by atoms with Crippen molar-refractivity contribution in [3.8, 4) is 11.3 Å². The SMILES string of the molecule is O=C1OC(c2ccc(Cl)cc2)=C/C1=C\c1ccc(-c2cccc(C(=O)[O-])c2)o1. The van der Waals surface area contributed by atoms with E-state index in [2.05, 4.69) is 0 Å². The molecule has 0 N–H and O–H groups in total. The highest BCUT2D eigenvalue weighted by atomic mass is 35.5. The van der Waals surface area contributed by atoms with Gasteiger partial charge in [-0.25, -0.2) is 4.79 Å². The van der Waals surface area contributed by atoms with Crippen molar-refractivity contribution in [3.05, 3.63) is 94.2 Å². The van der Waals surface area contributed by atoms with Gasteiger partial charge in [-0.15, -0.1) is 0 Å². The first-order valence-electron chi connectivity index (χ1n) is 8.33. The molecule has 0 radical (unpaired) electrons. The first kappa shape index (κ1) is 17.8. The minimum Gasteiger partial charge on any atom is -0.545 e. The summed E-state index contributed by atoms with van der Waals surface area (Å²) in [6.07, 6.45) is 3.20. The maximum atomic E-state index is 12.1. The summed E-state index contributed by atoms with van der Waals surface area (Å²) >= 11 is 5.88. The van der Waals surface area contributed by atoms with Gasteiger partial charge in [0.05, 0.1) is 11.5 Å². The van der Waals surface area contributed by atoms with Crippen LogP contribution in [0.4, 0.5) is 0 Å². The van der Waals surface area contributed by atoms with Crippen molar-refractivity contribution >= 4 is 35.4 Å². The Labute approximate surface area is 165 Å². The predicted molar refractivity (Wildman–Crippen MR) is 102 cm³/mol. The van der Waals surface area contributed by atoms with Crippen LogP contribution < -0.4 is 5.11 Å². The molecule has 28 heavy (non-hydrogen) atoms. The van der Waals surface area contributed by atoms with Crippen molar-refractivity contribution in [2.75, 3.05) is 0 Å². The van der Waals surface area contributed by atoms with E-state index in [1.807, 2.05) is 0 Å². The number of carboxylic acids is 1. The van der Waals surface area contributed by atoms with Crippen molar-refractivity contribution in [2.24, 2.45) is 0 Å². The lowest BCUT2D eigenvalue weighted by Gasteiger charge is -2.03. The number of carboxylic acid groups (broad SMARTS) is 1. The third kappa shape index (κ3) is 3.61. The molecule has 1 aliphatic rings. The monoisotopic (exact) mass is 391 g/mol. The summed E-state index contributed by atoms with van der Waals surface area (Å²) in [5, 5.41) is 11.6. The summed E-state index contributed by atoms with van der Waals surface area (Å²) in [4.78, 5) is 23.1. The smallest absolute Gasteiger partial charge is 0.343 e. The van der Waals surface area contributed by atoms with Crippen LogP contribution in [0.1, 0.15) is 21.7 Å². The van der Waals surface area contributed by atoms with Crippen molar-refractivity contribution in [2.45, 2.75) is 0 Å². The fraction of sp³-hybridized carbons (Fsp3) is 0. The van der Waals surface area contributed by atoms with Crippen molar-refractivity contribution < 1.29 is 23.8 Å². The average molecular weight is 392 g/mol. The highest BCUT2D eigenvalue weighted by Crippen LogP contribution is 2.30. The van der Waals surface area contributed by atoms with E-state index in [0.717, 1.165) is 5.56 Å². The Balaban J connectivity index is 1.61. The molecule has 5 nitrogen and oxygen atoms in total. The molecule has 0 unspecified atom stereocenters. The highest BCUT2D eigenvalue weighted by molar-refractivity contribution is 6.30. The van der Waals surface area contributed by atoms with Crippen LogP contribution in [0.15, 0.2) is 76.7 Å². The molecule has 0 atom stereocenters. The van der Waals surface area contributed by atoms with E-state index in [-0.39, 0.29) is 5.56 Å². The van der Waals surface area contributed by atoms with Gasteiger partial charge < -0.3 is 19.1 Å². The van der Waals surface area contributed by atoms with Crippen LogP contribution in [-0.2, 0) is 9.53 Å². The second-order valence-corrected chi connectivity index (χ2v) is 6.51. The second kappa shape index (κ2) is 7.21. The molecule has 3 aromatic rings. The number of esters is 1. The van der Waals surface area contributed by atoms with E-state index in [0.29, 0.717) is 33.4 Å². The summed E-state index contributed by atoms with van der Waals surface area (Å²) in [5.41, 5.74) is 1.73. The van der Waals surface area contributed by atoms with Gasteiger partial charge in [0, 0.05) is 16.1 Å². The molecule has 138 valence electrons. The van der Waals surface area contributed by atoms with Gasteiger partial charge in [0.25, 0.3) is 0 Å². The molecule has 0 bridgehead atoms. The standard InChI is InChI=1S/C22H13ClO5/c23-17-6-4-13(5-7-17)20-12-16(22(26)28-20)11-18-8-9-19(27-18)14-2-1-3-15(10-14)21(24)25/h1-12H,(H,24,25)/p-1/b16-11+. The molecule has 0 saturated carbocycles. The van der Waals surface area contributed by atoms with Gasteiger partial charge >= 0.3 is 5.97 Å². The minimum atomic E-state index is -1.26. The number of furan rings is 1. The predicted octanol–water partition coefficient (Wildman–Crippen LogP) is 3.94. The van der Waals surface area contributed by atoms with E-state index >= 15 is 0 Å². The lowest BCUT2D eigenvalue weighted by molar-refractivity contribution is -0.255. The Hall–Kier alpha value is -3.57. The minimum absolute atomic E-state index is 0.0590. The molecule has 4 rings (SSSR count). The van der Waals surface area contributed by atoms with Crippen LogP contribution in [0.2, 0.25) is 5.02 Å². The fourth-order valence-corrected chi connectivity index (χ4v) is 2.91. The van der Waals surface area contributed by atoms with Gasteiger partial charge in [-0.05, 0) is 60.2 Å². The maximum Gasteiger partial charge on any atom is 0.343 e. The first-order chi connectivity index (χ1) is 13.5.